The number of rotatable bonds is 6. The lowest BCUT2D eigenvalue weighted by Gasteiger charge is -2.14. The van der Waals surface area contributed by atoms with Gasteiger partial charge in [-0.05, 0) is 47.2 Å². The van der Waals surface area contributed by atoms with Crippen LogP contribution < -0.4 is 9.47 Å². The molecule has 2 rings (SSSR count). The molecule has 0 atom stereocenters. The molecule has 0 heterocycles. The third-order valence-corrected chi connectivity index (χ3v) is 3.95. The van der Waals surface area contributed by atoms with Gasteiger partial charge in [-0.2, -0.15) is 0 Å². The van der Waals surface area contributed by atoms with E-state index in [4.69, 9.17) is 9.47 Å². The molecule has 4 nitrogen and oxygen atoms in total. The first-order valence-electron chi connectivity index (χ1n) is 8.53. The van der Waals surface area contributed by atoms with Crippen molar-refractivity contribution in [1.29, 1.82) is 0 Å². The van der Waals surface area contributed by atoms with Crippen LogP contribution in [0.25, 0.3) is 0 Å². The molecule has 4 heteroatoms. The molecule has 0 N–H and O–H groups in total. The fourth-order valence-electron chi connectivity index (χ4n) is 2.70. The maximum atomic E-state index is 11.4. The summed E-state index contributed by atoms with van der Waals surface area (Å²) in [4.78, 5) is 22.8. The molecular formula is C21H24O4. The normalized spacial score (nSPS) is 10.4. The number of ether oxygens (including phenoxy) is 2. The van der Waals surface area contributed by atoms with E-state index < -0.39 is 0 Å². The Labute approximate surface area is 148 Å². The molecule has 0 unspecified atom stereocenters. The highest BCUT2D eigenvalue weighted by Crippen LogP contribution is 2.29. The largest absolute Gasteiger partial charge is 0.426 e. The smallest absolute Gasteiger partial charge is 0.308 e. The third-order valence-electron chi connectivity index (χ3n) is 3.95. The Kier molecular flexibility index (Phi) is 6.34. The van der Waals surface area contributed by atoms with E-state index in [9.17, 15) is 9.59 Å². The molecule has 0 saturated carbocycles. The van der Waals surface area contributed by atoms with Gasteiger partial charge in [0.25, 0.3) is 0 Å². The second-order valence-electron chi connectivity index (χ2n) is 5.96. The average molecular weight is 340 g/mol. The Hall–Kier alpha value is -2.62. The topological polar surface area (TPSA) is 52.6 Å². The van der Waals surface area contributed by atoms with Crippen molar-refractivity contribution >= 4 is 11.9 Å². The van der Waals surface area contributed by atoms with Crippen LogP contribution in [0.1, 0.15) is 49.9 Å². The molecule has 0 aliphatic heterocycles. The summed E-state index contributed by atoms with van der Waals surface area (Å²) in [5.41, 5.74) is 4.12. The molecule has 2 aromatic rings. The zero-order chi connectivity index (χ0) is 18.4. The highest BCUT2D eigenvalue weighted by atomic mass is 16.5. The molecular weight excluding hydrogens is 316 g/mol. The van der Waals surface area contributed by atoms with Crippen molar-refractivity contribution in [3.8, 4) is 11.5 Å². The standard InChI is InChI=1S/C21H24O4/c1-5-16-7-9-20(24-14(3)22)18(11-16)13-19-12-17(6-2)8-10-21(19)25-15(4)23/h7-12H,5-6,13H2,1-4H3. The van der Waals surface area contributed by atoms with Crippen molar-refractivity contribution < 1.29 is 19.1 Å². The molecule has 25 heavy (non-hydrogen) atoms. The molecule has 0 spiro atoms. The van der Waals surface area contributed by atoms with Crippen molar-refractivity contribution in [3.63, 3.8) is 0 Å². The lowest BCUT2D eigenvalue weighted by molar-refractivity contribution is -0.132. The summed E-state index contributed by atoms with van der Waals surface area (Å²) >= 11 is 0. The minimum absolute atomic E-state index is 0.354. The maximum absolute atomic E-state index is 11.4. The summed E-state index contributed by atoms with van der Waals surface area (Å²) in [5.74, 6) is 0.377. The van der Waals surface area contributed by atoms with Gasteiger partial charge in [-0.1, -0.05) is 38.1 Å². The number of benzene rings is 2. The number of hydrogen-bond acceptors (Lipinski definition) is 4. The Morgan fingerprint density at radius 1 is 0.760 bits per heavy atom. The van der Waals surface area contributed by atoms with Crippen molar-refractivity contribution in [2.24, 2.45) is 0 Å². The van der Waals surface area contributed by atoms with Crippen LogP contribution in [0.4, 0.5) is 0 Å². The first-order chi connectivity index (χ1) is 11.9. The van der Waals surface area contributed by atoms with Gasteiger partial charge in [-0.3, -0.25) is 9.59 Å². The molecule has 0 amide bonds. The van der Waals surface area contributed by atoms with E-state index in [0.29, 0.717) is 17.9 Å². The van der Waals surface area contributed by atoms with E-state index in [1.165, 1.54) is 13.8 Å². The number of hydrogen-bond donors (Lipinski definition) is 0. The Morgan fingerprint density at radius 3 is 1.48 bits per heavy atom. The van der Waals surface area contributed by atoms with Gasteiger partial charge in [0.2, 0.25) is 0 Å². The second-order valence-corrected chi connectivity index (χ2v) is 5.96. The summed E-state index contributed by atoms with van der Waals surface area (Å²) < 4.78 is 10.7. The lowest BCUT2D eigenvalue weighted by atomic mass is 9.98. The van der Waals surface area contributed by atoms with Gasteiger partial charge in [0.1, 0.15) is 11.5 Å². The van der Waals surface area contributed by atoms with E-state index in [1.54, 1.807) is 0 Å². The summed E-state index contributed by atoms with van der Waals surface area (Å²) in [5, 5.41) is 0. The van der Waals surface area contributed by atoms with E-state index in [-0.39, 0.29) is 11.9 Å². The first kappa shape index (κ1) is 18.7. The SMILES string of the molecule is CCc1ccc(OC(C)=O)c(Cc2cc(CC)ccc2OC(C)=O)c1. The monoisotopic (exact) mass is 340 g/mol. The van der Waals surface area contributed by atoms with Crippen LogP contribution in [0.3, 0.4) is 0 Å². The molecule has 2 aromatic carbocycles. The van der Waals surface area contributed by atoms with Gasteiger partial charge in [0, 0.05) is 20.3 Å². The highest BCUT2D eigenvalue weighted by molar-refractivity contribution is 5.71. The third kappa shape index (κ3) is 5.18. The van der Waals surface area contributed by atoms with Crippen LogP contribution in [0.2, 0.25) is 0 Å². The van der Waals surface area contributed by atoms with Crippen LogP contribution in [-0.2, 0) is 28.9 Å². The van der Waals surface area contributed by atoms with Gasteiger partial charge in [0.15, 0.2) is 0 Å². The number of aryl methyl sites for hydroxylation is 2. The van der Waals surface area contributed by atoms with Crippen molar-refractivity contribution in [1.82, 2.24) is 0 Å². The Bertz CT molecular complexity index is 712. The van der Waals surface area contributed by atoms with Crippen LogP contribution in [-0.4, -0.2) is 11.9 Å². The van der Waals surface area contributed by atoms with Gasteiger partial charge >= 0.3 is 11.9 Å². The lowest BCUT2D eigenvalue weighted by Crippen LogP contribution is -2.07. The molecule has 132 valence electrons. The minimum Gasteiger partial charge on any atom is -0.426 e. The van der Waals surface area contributed by atoms with Crippen LogP contribution in [0, 0.1) is 0 Å². The van der Waals surface area contributed by atoms with Crippen LogP contribution >= 0.6 is 0 Å². The second kappa shape index (κ2) is 8.47. The first-order valence-corrected chi connectivity index (χ1v) is 8.53. The van der Waals surface area contributed by atoms with Gasteiger partial charge < -0.3 is 9.47 Å². The summed E-state index contributed by atoms with van der Waals surface area (Å²) in [7, 11) is 0. The van der Waals surface area contributed by atoms with Crippen LogP contribution in [0.5, 0.6) is 11.5 Å². The van der Waals surface area contributed by atoms with Crippen molar-refractivity contribution in [2.75, 3.05) is 0 Å². The summed E-state index contributed by atoms with van der Waals surface area (Å²) in [6.07, 6.45) is 2.30. The molecule has 0 fully saturated rings. The molecule has 0 radical (unpaired) electrons. The van der Waals surface area contributed by atoms with Gasteiger partial charge in [-0.25, -0.2) is 0 Å². The van der Waals surface area contributed by atoms with Gasteiger partial charge in [0.05, 0.1) is 0 Å². The quantitative estimate of drug-likeness (QED) is 0.582. The minimum atomic E-state index is -0.354. The average Bonchev–Trinajstić information content (AvgIpc) is 2.57. The predicted octanol–water partition coefficient (Wildman–Crippen LogP) is 4.25. The number of carbonyl (C=O) groups is 2. The van der Waals surface area contributed by atoms with Gasteiger partial charge in [-0.15, -0.1) is 0 Å². The molecule has 0 bridgehead atoms. The van der Waals surface area contributed by atoms with E-state index in [0.717, 1.165) is 35.1 Å². The zero-order valence-electron chi connectivity index (χ0n) is 15.2. The van der Waals surface area contributed by atoms with Crippen LogP contribution in [0.15, 0.2) is 36.4 Å². The van der Waals surface area contributed by atoms with E-state index in [1.807, 2.05) is 36.4 Å². The fraction of sp³-hybridized carbons (Fsp3) is 0.333. The molecule has 0 aliphatic rings. The van der Waals surface area contributed by atoms with Crippen molar-refractivity contribution in [3.05, 3.63) is 58.7 Å². The summed E-state index contributed by atoms with van der Waals surface area (Å²) in [6.45, 7) is 6.93. The van der Waals surface area contributed by atoms with E-state index >= 15 is 0 Å². The number of esters is 2. The Morgan fingerprint density at radius 2 is 1.16 bits per heavy atom. The predicted molar refractivity (Wildman–Crippen MR) is 97.1 cm³/mol. The molecule has 0 aliphatic carbocycles. The number of carbonyl (C=O) groups excluding carboxylic acids is 2. The maximum Gasteiger partial charge on any atom is 0.308 e. The van der Waals surface area contributed by atoms with Crippen molar-refractivity contribution in [2.45, 2.75) is 47.0 Å². The highest BCUT2D eigenvalue weighted by Gasteiger charge is 2.13. The zero-order valence-corrected chi connectivity index (χ0v) is 15.2. The van der Waals surface area contributed by atoms with E-state index in [2.05, 4.69) is 13.8 Å². The fourth-order valence-corrected chi connectivity index (χ4v) is 2.70. The molecule has 0 aromatic heterocycles. The molecule has 0 saturated heterocycles. The Balaban J connectivity index is 2.46. The summed E-state index contributed by atoms with van der Waals surface area (Å²) in [6, 6.07) is 11.6.